The first-order valence-corrected chi connectivity index (χ1v) is 6.89. The number of rotatable bonds is 4. The Hall–Kier alpha value is -1.68. The third-order valence-electron chi connectivity index (χ3n) is 4.08. The van der Waals surface area contributed by atoms with Crippen LogP contribution in [0.15, 0.2) is 34.9 Å². The van der Waals surface area contributed by atoms with Gasteiger partial charge in [0.1, 0.15) is 0 Å². The molecule has 1 aliphatic rings. The second-order valence-corrected chi connectivity index (χ2v) is 5.37. The lowest BCUT2D eigenvalue weighted by Crippen LogP contribution is -2.32. The number of hydrogen-bond donors (Lipinski definition) is 1. The van der Waals surface area contributed by atoms with Crippen molar-refractivity contribution in [3.63, 3.8) is 0 Å². The fraction of sp³-hybridized carbons (Fsp3) is 0.467. The summed E-state index contributed by atoms with van der Waals surface area (Å²) in [6, 6.07) is 10.2. The van der Waals surface area contributed by atoms with E-state index in [-0.39, 0.29) is 5.41 Å². The Morgan fingerprint density at radius 1 is 1.16 bits per heavy atom. The van der Waals surface area contributed by atoms with Crippen LogP contribution in [0.4, 0.5) is 0 Å². The molecular weight excluding hydrogens is 238 g/mol. The second-order valence-electron chi connectivity index (χ2n) is 5.37. The number of nitrogens with two attached hydrogens (primary N) is 1. The van der Waals surface area contributed by atoms with Crippen molar-refractivity contribution < 1.29 is 4.52 Å². The van der Waals surface area contributed by atoms with E-state index in [1.165, 1.54) is 18.4 Å². The summed E-state index contributed by atoms with van der Waals surface area (Å²) in [5, 5.41) is 4.11. The lowest BCUT2D eigenvalue weighted by Gasteiger charge is -2.21. The molecule has 1 aromatic heterocycles. The first kappa shape index (κ1) is 12.4. The van der Waals surface area contributed by atoms with Crippen LogP contribution in [-0.4, -0.2) is 16.7 Å². The monoisotopic (exact) mass is 257 g/mol. The minimum atomic E-state index is -0.0675. The van der Waals surface area contributed by atoms with E-state index in [1.807, 2.05) is 18.2 Å². The topological polar surface area (TPSA) is 64.9 Å². The first-order chi connectivity index (χ1) is 9.32. The van der Waals surface area contributed by atoms with Crippen molar-refractivity contribution in [3.8, 4) is 0 Å². The van der Waals surface area contributed by atoms with Crippen LogP contribution in [0.25, 0.3) is 0 Å². The van der Waals surface area contributed by atoms with Crippen molar-refractivity contribution >= 4 is 0 Å². The fourth-order valence-electron chi connectivity index (χ4n) is 2.88. The maximum Gasteiger partial charge on any atom is 0.234 e. The molecule has 1 fully saturated rings. The smallest absolute Gasteiger partial charge is 0.234 e. The number of nitrogens with zero attached hydrogens (tertiary/aromatic N) is 2. The van der Waals surface area contributed by atoms with Crippen molar-refractivity contribution in [2.24, 2.45) is 5.73 Å². The lowest BCUT2D eigenvalue weighted by molar-refractivity contribution is 0.283. The Balaban J connectivity index is 1.79. The van der Waals surface area contributed by atoms with Gasteiger partial charge in [0.25, 0.3) is 0 Å². The van der Waals surface area contributed by atoms with E-state index in [0.717, 1.165) is 24.6 Å². The van der Waals surface area contributed by atoms with Gasteiger partial charge >= 0.3 is 0 Å². The van der Waals surface area contributed by atoms with Crippen molar-refractivity contribution in [1.82, 2.24) is 10.1 Å². The highest BCUT2D eigenvalue weighted by Crippen LogP contribution is 2.39. The predicted octanol–water partition coefficient (Wildman–Crippen LogP) is 2.43. The summed E-state index contributed by atoms with van der Waals surface area (Å²) in [6.07, 6.45) is 5.25. The molecule has 0 spiro atoms. The summed E-state index contributed by atoms with van der Waals surface area (Å²) in [5.74, 6) is 1.49. The maximum absolute atomic E-state index is 5.93. The minimum Gasteiger partial charge on any atom is -0.339 e. The Labute approximate surface area is 113 Å². The molecule has 4 heteroatoms. The van der Waals surface area contributed by atoms with Gasteiger partial charge in [0.2, 0.25) is 5.89 Å². The van der Waals surface area contributed by atoms with Gasteiger partial charge in [-0.25, -0.2) is 0 Å². The average molecular weight is 257 g/mol. The largest absolute Gasteiger partial charge is 0.339 e. The van der Waals surface area contributed by atoms with Crippen LogP contribution in [0, 0.1) is 0 Å². The molecule has 0 atom stereocenters. The fourth-order valence-corrected chi connectivity index (χ4v) is 2.88. The molecule has 0 aliphatic heterocycles. The molecule has 0 saturated heterocycles. The standard InChI is InChI=1S/C15H19N3O/c16-11-15(8-4-5-9-15)14-17-13(18-19-14)10-12-6-2-1-3-7-12/h1-3,6-7H,4-5,8-11,16H2. The molecule has 4 nitrogen and oxygen atoms in total. The molecule has 2 N–H and O–H groups in total. The molecule has 0 radical (unpaired) electrons. The van der Waals surface area contributed by atoms with Crippen LogP contribution in [0.3, 0.4) is 0 Å². The molecule has 0 bridgehead atoms. The highest BCUT2D eigenvalue weighted by Gasteiger charge is 2.39. The summed E-state index contributed by atoms with van der Waals surface area (Å²) in [6.45, 7) is 0.597. The molecule has 2 aromatic rings. The predicted molar refractivity (Wildman–Crippen MR) is 72.7 cm³/mol. The van der Waals surface area contributed by atoms with Crippen LogP contribution in [0.1, 0.15) is 43.0 Å². The summed E-state index contributed by atoms with van der Waals surface area (Å²) in [4.78, 5) is 4.57. The Morgan fingerprint density at radius 3 is 2.58 bits per heavy atom. The van der Waals surface area contributed by atoms with Gasteiger partial charge in [-0.05, 0) is 18.4 Å². The van der Waals surface area contributed by atoms with Gasteiger partial charge in [0.05, 0.1) is 5.41 Å². The first-order valence-electron chi connectivity index (χ1n) is 6.89. The minimum absolute atomic E-state index is 0.0675. The van der Waals surface area contributed by atoms with Gasteiger partial charge < -0.3 is 10.3 Å². The van der Waals surface area contributed by atoms with Crippen LogP contribution >= 0.6 is 0 Å². The normalized spacial score (nSPS) is 17.7. The molecule has 3 rings (SSSR count). The molecule has 1 aliphatic carbocycles. The summed E-state index contributed by atoms with van der Waals surface area (Å²) in [7, 11) is 0. The zero-order chi connectivity index (χ0) is 13.1. The molecule has 1 heterocycles. The van der Waals surface area contributed by atoms with Gasteiger partial charge in [-0.1, -0.05) is 48.3 Å². The van der Waals surface area contributed by atoms with Crippen molar-refractivity contribution in [1.29, 1.82) is 0 Å². The van der Waals surface area contributed by atoms with E-state index in [1.54, 1.807) is 0 Å². The van der Waals surface area contributed by atoms with Gasteiger partial charge in [-0.3, -0.25) is 0 Å². The SMILES string of the molecule is NCC1(c2nc(Cc3ccccc3)no2)CCCC1. The summed E-state index contributed by atoms with van der Waals surface area (Å²) >= 11 is 0. The molecule has 0 unspecified atom stereocenters. The van der Waals surface area contributed by atoms with Gasteiger partial charge in [-0.15, -0.1) is 0 Å². The van der Waals surface area contributed by atoms with Crippen LogP contribution in [-0.2, 0) is 11.8 Å². The zero-order valence-electron chi connectivity index (χ0n) is 11.0. The Morgan fingerprint density at radius 2 is 1.89 bits per heavy atom. The second kappa shape index (κ2) is 5.13. The van der Waals surface area contributed by atoms with Crippen LogP contribution in [0.2, 0.25) is 0 Å². The maximum atomic E-state index is 5.93. The quantitative estimate of drug-likeness (QED) is 0.913. The van der Waals surface area contributed by atoms with Gasteiger partial charge in [-0.2, -0.15) is 4.98 Å². The molecule has 19 heavy (non-hydrogen) atoms. The molecule has 1 aromatic carbocycles. The van der Waals surface area contributed by atoms with Crippen LogP contribution in [0.5, 0.6) is 0 Å². The molecule has 1 saturated carbocycles. The third-order valence-corrected chi connectivity index (χ3v) is 4.08. The molecular formula is C15H19N3O. The molecule has 100 valence electrons. The van der Waals surface area contributed by atoms with Crippen LogP contribution < -0.4 is 5.73 Å². The van der Waals surface area contributed by atoms with Crippen molar-refractivity contribution in [3.05, 3.63) is 47.6 Å². The van der Waals surface area contributed by atoms with E-state index in [0.29, 0.717) is 13.0 Å². The van der Waals surface area contributed by atoms with Crippen molar-refractivity contribution in [2.45, 2.75) is 37.5 Å². The average Bonchev–Trinajstić information content (AvgIpc) is 3.09. The van der Waals surface area contributed by atoms with E-state index < -0.39 is 0 Å². The van der Waals surface area contributed by atoms with E-state index in [4.69, 9.17) is 10.3 Å². The zero-order valence-corrected chi connectivity index (χ0v) is 11.0. The Kier molecular flexibility index (Phi) is 3.34. The molecule has 0 amide bonds. The number of benzene rings is 1. The van der Waals surface area contributed by atoms with Crippen molar-refractivity contribution in [2.75, 3.05) is 6.54 Å². The lowest BCUT2D eigenvalue weighted by atomic mass is 9.86. The third kappa shape index (κ3) is 2.40. The summed E-state index contributed by atoms with van der Waals surface area (Å²) in [5.41, 5.74) is 7.06. The number of aromatic nitrogens is 2. The number of hydrogen-bond acceptors (Lipinski definition) is 4. The highest BCUT2D eigenvalue weighted by molar-refractivity contribution is 5.19. The Bertz CT molecular complexity index is 529. The van der Waals surface area contributed by atoms with E-state index in [2.05, 4.69) is 22.3 Å². The van der Waals surface area contributed by atoms with E-state index in [9.17, 15) is 0 Å². The van der Waals surface area contributed by atoms with Gasteiger partial charge in [0.15, 0.2) is 5.82 Å². The summed E-state index contributed by atoms with van der Waals surface area (Å²) < 4.78 is 5.47. The highest BCUT2D eigenvalue weighted by atomic mass is 16.5. The van der Waals surface area contributed by atoms with E-state index >= 15 is 0 Å². The van der Waals surface area contributed by atoms with Gasteiger partial charge in [0, 0.05) is 13.0 Å².